The van der Waals surface area contributed by atoms with Crippen LogP contribution in [0.4, 0.5) is 22.0 Å². The zero-order valence-corrected chi connectivity index (χ0v) is 17.9. The van der Waals surface area contributed by atoms with Gasteiger partial charge in [-0.15, -0.1) is 0 Å². The van der Waals surface area contributed by atoms with Crippen molar-refractivity contribution < 1.29 is 41.1 Å². The minimum atomic E-state index is -4.76. The standard InChI is InChI=1S/C22H20F5N3O4/c1-30(8-6-19(31)32)12-15-3-2-13(11-17(15)24)20-28-21(34-29-20)14-4-5-18(33-9-7-23)16(10-14)22(25,26)27/h2-5,10-11H,6-9,12H2,1H3,(H,31,32). The van der Waals surface area contributed by atoms with E-state index in [1.165, 1.54) is 18.2 Å². The molecule has 0 unspecified atom stereocenters. The number of rotatable bonds is 10. The van der Waals surface area contributed by atoms with E-state index in [0.29, 0.717) is 5.56 Å². The first-order valence-electron chi connectivity index (χ1n) is 10.0. The number of nitrogens with zero attached hydrogens (tertiary/aromatic N) is 3. The van der Waals surface area contributed by atoms with Gasteiger partial charge in [0.1, 0.15) is 24.8 Å². The van der Waals surface area contributed by atoms with Gasteiger partial charge in [0.2, 0.25) is 5.82 Å². The van der Waals surface area contributed by atoms with Gasteiger partial charge in [0.15, 0.2) is 0 Å². The lowest BCUT2D eigenvalue weighted by Crippen LogP contribution is -2.21. The summed E-state index contributed by atoms with van der Waals surface area (Å²) in [5, 5.41) is 12.5. The number of hydrogen-bond donors (Lipinski definition) is 1. The first-order valence-corrected chi connectivity index (χ1v) is 10.0. The average Bonchev–Trinajstić information content (AvgIpc) is 3.27. The number of hydrogen-bond acceptors (Lipinski definition) is 6. The predicted octanol–water partition coefficient (Wildman–Crippen LogP) is 4.82. The fourth-order valence-electron chi connectivity index (χ4n) is 3.09. The van der Waals surface area contributed by atoms with Gasteiger partial charge in [0.05, 0.1) is 12.0 Å². The monoisotopic (exact) mass is 485 g/mol. The molecule has 3 aromatic rings. The Balaban J connectivity index is 1.81. The van der Waals surface area contributed by atoms with Gasteiger partial charge in [-0.1, -0.05) is 17.3 Å². The molecule has 0 fully saturated rings. The summed E-state index contributed by atoms with van der Waals surface area (Å²) in [6.45, 7) is -1.06. The largest absolute Gasteiger partial charge is 0.490 e. The smallest absolute Gasteiger partial charge is 0.419 e. The molecule has 1 aromatic heterocycles. The van der Waals surface area contributed by atoms with E-state index >= 15 is 0 Å². The molecule has 0 saturated carbocycles. The quantitative estimate of drug-likeness (QED) is 0.412. The normalized spacial score (nSPS) is 11.7. The SMILES string of the molecule is CN(CCC(=O)O)Cc1ccc(-c2noc(-c3ccc(OCCF)c(C(F)(F)F)c3)n2)cc1F. The lowest BCUT2D eigenvalue weighted by molar-refractivity contribution is -0.139. The maximum absolute atomic E-state index is 14.6. The minimum Gasteiger partial charge on any atom is -0.490 e. The molecule has 0 aliphatic rings. The van der Waals surface area contributed by atoms with Crippen molar-refractivity contribution in [2.75, 3.05) is 26.9 Å². The predicted molar refractivity (Wildman–Crippen MR) is 110 cm³/mol. The maximum Gasteiger partial charge on any atom is 0.419 e. The van der Waals surface area contributed by atoms with Crippen molar-refractivity contribution in [1.29, 1.82) is 0 Å². The molecule has 0 amide bonds. The summed E-state index contributed by atoms with van der Waals surface area (Å²) >= 11 is 0. The average molecular weight is 485 g/mol. The molecule has 0 aliphatic carbocycles. The number of alkyl halides is 4. The Morgan fingerprint density at radius 2 is 1.91 bits per heavy atom. The van der Waals surface area contributed by atoms with Crippen molar-refractivity contribution in [2.24, 2.45) is 0 Å². The number of halogens is 5. The third-order valence-corrected chi connectivity index (χ3v) is 4.75. The van der Waals surface area contributed by atoms with Crippen molar-refractivity contribution in [1.82, 2.24) is 15.0 Å². The Bertz CT molecular complexity index is 1150. The van der Waals surface area contributed by atoms with Gasteiger partial charge >= 0.3 is 12.1 Å². The highest BCUT2D eigenvalue weighted by atomic mass is 19.4. The van der Waals surface area contributed by atoms with Crippen LogP contribution in [0, 0.1) is 5.82 Å². The number of carbonyl (C=O) groups is 1. The first-order chi connectivity index (χ1) is 16.1. The molecule has 34 heavy (non-hydrogen) atoms. The molecule has 0 atom stereocenters. The van der Waals surface area contributed by atoms with Crippen molar-refractivity contribution in [3.8, 4) is 28.6 Å². The van der Waals surface area contributed by atoms with Gasteiger partial charge in [-0.2, -0.15) is 18.2 Å². The summed E-state index contributed by atoms with van der Waals surface area (Å²) in [5.41, 5.74) is -0.612. The minimum absolute atomic E-state index is 0.0361. The van der Waals surface area contributed by atoms with Crippen LogP contribution in [0.15, 0.2) is 40.9 Å². The highest BCUT2D eigenvalue weighted by molar-refractivity contribution is 5.66. The number of carboxylic acid groups (broad SMARTS) is 1. The second kappa shape index (κ2) is 10.6. The van der Waals surface area contributed by atoms with Gasteiger partial charge in [0.25, 0.3) is 5.89 Å². The zero-order valence-electron chi connectivity index (χ0n) is 17.9. The van der Waals surface area contributed by atoms with E-state index < -0.39 is 42.6 Å². The van der Waals surface area contributed by atoms with Crippen LogP contribution in [-0.4, -0.2) is 53.0 Å². The highest BCUT2D eigenvalue weighted by Crippen LogP contribution is 2.39. The Kier molecular flexibility index (Phi) is 7.82. The van der Waals surface area contributed by atoms with Gasteiger partial charge in [-0.25, -0.2) is 8.78 Å². The number of aromatic nitrogens is 2. The van der Waals surface area contributed by atoms with Crippen molar-refractivity contribution >= 4 is 5.97 Å². The van der Waals surface area contributed by atoms with Crippen molar-refractivity contribution in [2.45, 2.75) is 19.1 Å². The van der Waals surface area contributed by atoms with Gasteiger partial charge in [-0.05, 0) is 31.3 Å². The topological polar surface area (TPSA) is 88.7 Å². The summed E-state index contributed by atoms with van der Waals surface area (Å²) in [4.78, 5) is 16.4. The third-order valence-electron chi connectivity index (χ3n) is 4.75. The van der Waals surface area contributed by atoms with Gasteiger partial charge < -0.3 is 19.3 Å². The van der Waals surface area contributed by atoms with Gasteiger partial charge in [-0.3, -0.25) is 4.79 Å². The molecule has 0 radical (unpaired) electrons. The van der Waals surface area contributed by atoms with Crippen LogP contribution in [0.5, 0.6) is 5.75 Å². The van der Waals surface area contributed by atoms with E-state index in [1.54, 1.807) is 11.9 Å². The van der Waals surface area contributed by atoms with E-state index in [-0.39, 0.29) is 42.4 Å². The molecular weight excluding hydrogens is 465 g/mol. The Morgan fingerprint density at radius 3 is 2.56 bits per heavy atom. The fraction of sp³-hybridized carbons (Fsp3) is 0.318. The van der Waals surface area contributed by atoms with E-state index in [2.05, 4.69) is 10.1 Å². The van der Waals surface area contributed by atoms with Crippen LogP contribution < -0.4 is 4.74 Å². The van der Waals surface area contributed by atoms with Crippen LogP contribution in [0.3, 0.4) is 0 Å². The Morgan fingerprint density at radius 1 is 1.18 bits per heavy atom. The summed E-state index contributed by atoms with van der Waals surface area (Å²) in [5.74, 6) is -2.33. The summed E-state index contributed by atoms with van der Waals surface area (Å²) in [7, 11) is 1.66. The van der Waals surface area contributed by atoms with Crippen molar-refractivity contribution in [3.05, 3.63) is 53.3 Å². The molecule has 1 heterocycles. The molecule has 7 nitrogen and oxygen atoms in total. The summed E-state index contributed by atoms with van der Waals surface area (Å²) < 4.78 is 76.9. The van der Waals surface area contributed by atoms with Crippen LogP contribution in [0.2, 0.25) is 0 Å². The number of aliphatic carboxylic acids is 1. The molecule has 3 rings (SSSR count). The van der Waals surface area contributed by atoms with E-state index in [0.717, 1.165) is 18.2 Å². The molecule has 0 saturated heterocycles. The molecule has 12 heteroatoms. The molecule has 0 aliphatic heterocycles. The maximum atomic E-state index is 14.6. The third kappa shape index (κ3) is 6.28. The fourth-order valence-corrected chi connectivity index (χ4v) is 3.09. The van der Waals surface area contributed by atoms with E-state index in [4.69, 9.17) is 14.4 Å². The first kappa shape index (κ1) is 25.1. The lowest BCUT2D eigenvalue weighted by atomic mass is 10.1. The Labute approximate surface area is 190 Å². The van der Waals surface area contributed by atoms with Crippen LogP contribution in [-0.2, 0) is 17.5 Å². The second-order valence-electron chi connectivity index (χ2n) is 7.36. The molecule has 0 bridgehead atoms. The Hall–Kier alpha value is -3.54. The zero-order chi connectivity index (χ0) is 24.9. The van der Waals surface area contributed by atoms with Crippen molar-refractivity contribution in [3.63, 3.8) is 0 Å². The van der Waals surface area contributed by atoms with Gasteiger partial charge in [0, 0.05) is 29.8 Å². The lowest BCUT2D eigenvalue weighted by Gasteiger charge is -2.16. The van der Waals surface area contributed by atoms with Crippen LogP contribution in [0.1, 0.15) is 17.5 Å². The number of carboxylic acids is 1. The molecule has 1 N–H and O–H groups in total. The number of ether oxygens (including phenoxy) is 1. The molecule has 182 valence electrons. The van der Waals surface area contributed by atoms with Crippen LogP contribution in [0.25, 0.3) is 22.8 Å². The summed E-state index contributed by atoms with van der Waals surface area (Å²) in [6.07, 6.45) is -4.85. The molecular formula is C22H20F5N3O4. The summed E-state index contributed by atoms with van der Waals surface area (Å²) in [6, 6.07) is 7.21. The second-order valence-corrected chi connectivity index (χ2v) is 7.36. The van der Waals surface area contributed by atoms with E-state index in [1.807, 2.05) is 0 Å². The number of benzene rings is 2. The molecule has 0 spiro atoms. The molecule has 2 aromatic carbocycles. The van der Waals surface area contributed by atoms with E-state index in [9.17, 15) is 26.7 Å². The van der Waals surface area contributed by atoms with Crippen LogP contribution >= 0.6 is 0 Å². The highest BCUT2D eigenvalue weighted by Gasteiger charge is 2.35.